The molecule has 1 unspecified atom stereocenters. The van der Waals surface area contributed by atoms with Gasteiger partial charge in [0.2, 0.25) is 0 Å². The Hall–Kier alpha value is -2.63. The highest BCUT2D eigenvalue weighted by Crippen LogP contribution is 2.33. The van der Waals surface area contributed by atoms with Gasteiger partial charge in [0.05, 0.1) is 12.1 Å². The molecule has 1 heterocycles. The van der Waals surface area contributed by atoms with Crippen LogP contribution in [-0.4, -0.2) is 34.6 Å². The van der Waals surface area contributed by atoms with Gasteiger partial charge in [0.15, 0.2) is 6.04 Å². The standard InChI is InChI=1S/C21H19F3IN3O3/c1-12(2)11-31-20(30)28-16-9-8-14(10-15(16)18(25)27-28)19(29)26-17(21(22,23)24)13-6-4-3-5-7-13/h3-10,12,17H,11H2,1-2H3,(H,26,29). The number of rotatable bonds is 5. The van der Waals surface area contributed by atoms with E-state index in [1.807, 2.05) is 36.4 Å². The van der Waals surface area contributed by atoms with E-state index in [1.54, 1.807) is 6.07 Å². The minimum absolute atomic E-state index is 0.0192. The third kappa shape index (κ3) is 5.35. The van der Waals surface area contributed by atoms with Gasteiger partial charge in [0.25, 0.3) is 5.91 Å². The minimum Gasteiger partial charge on any atom is -0.448 e. The van der Waals surface area contributed by atoms with Crippen LogP contribution in [0.5, 0.6) is 0 Å². The first-order valence-electron chi connectivity index (χ1n) is 9.36. The molecule has 1 amide bonds. The molecule has 10 heteroatoms. The van der Waals surface area contributed by atoms with Crippen LogP contribution in [0, 0.1) is 9.62 Å². The van der Waals surface area contributed by atoms with Gasteiger partial charge in [-0.1, -0.05) is 44.2 Å². The second-order valence-electron chi connectivity index (χ2n) is 7.26. The molecule has 1 atom stereocenters. The Morgan fingerprint density at radius 2 is 1.84 bits per heavy atom. The number of amides is 1. The van der Waals surface area contributed by atoms with Gasteiger partial charge in [0.1, 0.15) is 3.70 Å². The van der Waals surface area contributed by atoms with Crippen molar-refractivity contribution in [3.8, 4) is 0 Å². The van der Waals surface area contributed by atoms with Crippen LogP contribution < -0.4 is 5.32 Å². The highest BCUT2D eigenvalue weighted by Gasteiger charge is 2.42. The van der Waals surface area contributed by atoms with Gasteiger partial charge in [-0.3, -0.25) is 4.79 Å². The van der Waals surface area contributed by atoms with E-state index in [2.05, 4.69) is 10.4 Å². The van der Waals surface area contributed by atoms with Gasteiger partial charge < -0.3 is 10.1 Å². The van der Waals surface area contributed by atoms with Crippen LogP contribution >= 0.6 is 22.6 Å². The predicted molar refractivity (Wildman–Crippen MR) is 117 cm³/mol. The van der Waals surface area contributed by atoms with E-state index in [0.717, 1.165) is 4.68 Å². The molecule has 0 saturated heterocycles. The second kappa shape index (κ2) is 9.25. The summed E-state index contributed by atoms with van der Waals surface area (Å²) in [6.45, 7) is 4.01. The summed E-state index contributed by atoms with van der Waals surface area (Å²) >= 11 is 1.89. The highest BCUT2D eigenvalue weighted by atomic mass is 127. The fourth-order valence-corrected chi connectivity index (χ4v) is 3.52. The summed E-state index contributed by atoms with van der Waals surface area (Å²) in [5, 5.41) is 6.64. The molecule has 0 aliphatic carbocycles. The number of fused-ring (bicyclic) bond motifs is 1. The number of carbonyl (C=O) groups excluding carboxylic acids is 2. The molecule has 31 heavy (non-hydrogen) atoms. The van der Waals surface area contributed by atoms with Crippen molar-refractivity contribution >= 4 is 45.5 Å². The molecule has 2 aromatic carbocycles. The largest absolute Gasteiger partial charge is 0.448 e. The van der Waals surface area contributed by atoms with Crippen molar-refractivity contribution in [2.75, 3.05) is 6.61 Å². The maximum absolute atomic E-state index is 13.5. The van der Waals surface area contributed by atoms with Crippen LogP contribution in [0.4, 0.5) is 18.0 Å². The lowest BCUT2D eigenvalue weighted by Gasteiger charge is -2.22. The summed E-state index contributed by atoms with van der Waals surface area (Å²) in [4.78, 5) is 24.9. The predicted octanol–water partition coefficient (Wildman–Crippen LogP) is 5.32. The molecule has 6 nitrogen and oxygen atoms in total. The van der Waals surface area contributed by atoms with Crippen molar-refractivity contribution in [3.63, 3.8) is 0 Å². The van der Waals surface area contributed by atoms with E-state index in [9.17, 15) is 22.8 Å². The molecule has 164 valence electrons. The van der Waals surface area contributed by atoms with E-state index in [4.69, 9.17) is 4.74 Å². The zero-order chi connectivity index (χ0) is 22.8. The molecule has 3 aromatic rings. The summed E-state index contributed by atoms with van der Waals surface area (Å²) in [5.74, 6) is -0.745. The van der Waals surface area contributed by atoms with Gasteiger partial charge in [0, 0.05) is 10.9 Å². The lowest BCUT2D eigenvalue weighted by Crippen LogP contribution is -2.38. The van der Waals surface area contributed by atoms with Crippen molar-refractivity contribution in [2.24, 2.45) is 5.92 Å². The van der Waals surface area contributed by atoms with Gasteiger partial charge >= 0.3 is 12.3 Å². The molecule has 3 rings (SSSR count). The van der Waals surface area contributed by atoms with Gasteiger partial charge in [-0.05, 0) is 52.3 Å². The van der Waals surface area contributed by atoms with Crippen molar-refractivity contribution in [1.82, 2.24) is 15.1 Å². The maximum Gasteiger partial charge on any atom is 0.435 e. The van der Waals surface area contributed by atoms with Crippen LogP contribution in [-0.2, 0) is 4.74 Å². The number of hydrogen-bond acceptors (Lipinski definition) is 4. The molecular formula is C21H19F3IN3O3. The first-order chi connectivity index (χ1) is 14.6. The summed E-state index contributed by atoms with van der Waals surface area (Å²) in [5.41, 5.74) is 0.343. The van der Waals surface area contributed by atoms with Crippen LogP contribution in [0.1, 0.15) is 35.8 Å². The lowest BCUT2D eigenvalue weighted by atomic mass is 10.1. The fourth-order valence-electron chi connectivity index (χ4n) is 2.88. The van der Waals surface area contributed by atoms with E-state index in [0.29, 0.717) is 14.6 Å². The first-order valence-corrected chi connectivity index (χ1v) is 10.4. The minimum atomic E-state index is -4.67. The van der Waals surface area contributed by atoms with Gasteiger partial charge in [-0.25, -0.2) is 4.79 Å². The van der Waals surface area contributed by atoms with E-state index in [-0.39, 0.29) is 23.7 Å². The van der Waals surface area contributed by atoms with E-state index >= 15 is 0 Å². The number of nitrogens with zero attached hydrogens (tertiary/aromatic N) is 2. The molecule has 1 N–H and O–H groups in total. The molecular weight excluding hydrogens is 526 g/mol. The fraction of sp³-hybridized carbons (Fsp3) is 0.286. The Bertz CT molecular complexity index is 1100. The Labute approximate surface area is 189 Å². The summed E-state index contributed by atoms with van der Waals surface area (Å²) in [6, 6.07) is 9.21. The van der Waals surface area contributed by atoms with E-state index < -0.39 is 24.2 Å². The second-order valence-corrected chi connectivity index (χ2v) is 8.29. The Morgan fingerprint density at radius 1 is 1.16 bits per heavy atom. The Kier molecular flexibility index (Phi) is 6.87. The SMILES string of the molecule is CC(C)COC(=O)n1nc(I)c2cc(C(=O)NC(c3ccccc3)C(F)(F)F)ccc21. The molecule has 0 radical (unpaired) electrons. The Morgan fingerprint density at radius 3 is 2.45 bits per heavy atom. The Balaban J connectivity index is 1.88. The molecule has 1 aromatic heterocycles. The average molecular weight is 545 g/mol. The van der Waals surface area contributed by atoms with E-state index in [1.165, 1.54) is 42.5 Å². The molecule has 0 fully saturated rings. The summed E-state index contributed by atoms with van der Waals surface area (Å²) in [6.07, 6.45) is -5.33. The number of ether oxygens (including phenoxy) is 1. The third-order valence-corrected chi connectivity index (χ3v) is 5.14. The zero-order valence-corrected chi connectivity index (χ0v) is 18.8. The lowest BCUT2D eigenvalue weighted by molar-refractivity contribution is -0.155. The molecule has 0 spiro atoms. The number of hydrogen-bond donors (Lipinski definition) is 1. The van der Waals surface area contributed by atoms with Crippen LogP contribution in [0.3, 0.4) is 0 Å². The van der Waals surface area contributed by atoms with Crippen LogP contribution in [0.15, 0.2) is 48.5 Å². The monoisotopic (exact) mass is 545 g/mol. The summed E-state index contributed by atoms with van der Waals surface area (Å²) < 4.78 is 47.3. The number of benzene rings is 2. The van der Waals surface area contributed by atoms with Crippen molar-refractivity contribution in [2.45, 2.75) is 26.1 Å². The normalized spacial score (nSPS) is 12.7. The maximum atomic E-state index is 13.5. The number of carbonyl (C=O) groups is 2. The molecule has 0 saturated carbocycles. The first kappa shape index (κ1) is 23.0. The zero-order valence-electron chi connectivity index (χ0n) is 16.6. The van der Waals surface area contributed by atoms with Crippen LogP contribution in [0.2, 0.25) is 0 Å². The topological polar surface area (TPSA) is 73.2 Å². The molecule has 0 aliphatic rings. The number of aromatic nitrogens is 2. The number of halogens is 4. The molecule has 0 bridgehead atoms. The summed E-state index contributed by atoms with van der Waals surface area (Å²) in [7, 11) is 0. The quantitative estimate of drug-likeness (QED) is 0.441. The number of alkyl halides is 3. The van der Waals surface area contributed by atoms with Crippen molar-refractivity contribution in [1.29, 1.82) is 0 Å². The van der Waals surface area contributed by atoms with Crippen molar-refractivity contribution < 1.29 is 27.5 Å². The smallest absolute Gasteiger partial charge is 0.435 e. The van der Waals surface area contributed by atoms with Crippen LogP contribution in [0.25, 0.3) is 10.9 Å². The van der Waals surface area contributed by atoms with Crippen molar-refractivity contribution in [3.05, 3.63) is 63.4 Å². The number of nitrogens with one attached hydrogen (secondary N) is 1. The van der Waals surface area contributed by atoms with Gasteiger partial charge in [-0.15, -0.1) is 0 Å². The average Bonchev–Trinajstić information content (AvgIpc) is 3.06. The van der Waals surface area contributed by atoms with Gasteiger partial charge in [-0.2, -0.15) is 23.0 Å². The highest BCUT2D eigenvalue weighted by molar-refractivity contribution is 14.1. The third-order valence-electron chi connectivity index (χ3n) is 4.35. The molecule has 0 aliphatic heterocycles.